The number of aromatic nitrogens is 1. The second-order valence-corrected chi connectivity index (χ2v) is 6.80. The lowest BCUT2D eigenvalue weighted by atomic mass is 10.1. The van der Waals surface area contributed by atoms with E-state index in [0.717, 1.165) is 23.3 Å². The number of nitrogens with one attached hydrogen (secondary N) is 1. The van der Waals surface area contributed by atoms with E-state index in [-0.39, 0.29) is 23.6 Å². The van der Waals surface area contributed by atoms with Gasteiger partial charge in [-0.2, -0.15) is 13.2 Å². The van der Waals surface area contributed by atoms with Crippen LogP contribution in [0.1, 0.15) is 32.6 Å². The van der Waals surface area contributed by atoms with Crippen molar-refractivity contribution in [2.75, 3.05) is 5.32 Å². The fourth-order valence-electron chi connectivity index (χ4n) is 2.98. The first kappa shape index (κ1) is 20.4. The zero-order valence-electron chi connectivity index (χ0n) is 15.9. The molecule has 0 bridgehead atoms. The molecule has 7 heteroatoms. The van der Waals surface area contributed by atoms with Gasteiger partial charge < -0.3 is 9.88 Å². The maximum absolute atomic E-state index is 12.7. The lowest BCUT2D eigenvalue weighted by Crippen LogP contribution is -2.23. The Morgan fingerprint density at radius 1 is 0.966 bits per heavy atom. The summed E-state index contributed by atoms with van der Waals surface area (Å²) >= 11 is 0. The summed E-state index contributed by atoms with van der Waals surface area (Å²) in [4.78, 5) is 24.8. The second kappa shape index (κ2) is 7.95. The number of rotatable bonds is 4. The smallest absolute Gasteiger partial charge is 0.321 e. The van der Waals surface area contributed by atoms with Crippen molar-refractivity contribution in [3.05, 3.63) is 99.0 Å². The number of alkyl halides is 3. The summed E-state index contributed by atoms with van der Waals surface area (Å²) in [6, 6.07) is 12.9. The average Bonchev–Trinajstić information content (AvgIpc) is 2.66. The van der Waals surface area contributed by atoms with Gasteiger partial charge in [0, 0.05) is 18.0 Å². The van der Waals surface area contributed by atoms with Crippen LogP contribution >= 0.6 is 0 Å². The van der Waals surface area contributed by atoms with Crippen LogP contribution in [0.3, 0.4) is 0 Å². The molecule has 0 atom stereocenters. The SMILES string of the molecule is Cc1cccc(C)c1NC(=O)c1ccc(=O)n(Cc2ccc(C(F)(F)F)cc2)c1. The van der Waals surface area contributed by atoms with Crippen LogP contribution < -0.4 is 10.9 Å². The van der Waals surface area contributed by atoms with E-state index in [1.807, 2.05) is 32.0 Å². The van der Waals surface area contributed by atoms with Crippen molar-refractivity contribution in [2.24, 2.45) is 0 Å². The van der Waals surface area contributed by atoms with Gasteiger partial charge in [0.1, 0.15) is 0 Å². The molecular weight excluding hydrogens is 381 g/mol. The highest BCUT2D eigenvalue weighted by Gasteiger charge is 2.29. The second-order valence-electron chi connectivity index (χ2n) is 6.80. The number of hydrogen-bond acceptors (Lipinski definition) is 2. The Bertz CT molecular complexity index is 1080. The van der Waals surface area contributed by atoms with E-state index in [1.54, 1.807) is 0 Å². The fourth-order valence-corrected chi connectivity index (χ4v) is 2.98. The maximum atomic E-state index is 12.7. The summed E-state index contributed by atoms with van der Waals surface area (Å²) in [6.07, 6.45) is -3.01. The Balaban J connectivity index is 1.83. The minimum absolute atomic E-state index is 0.0570. The number of halogens is 3. The number of carbonyl (C=O) groups is 1. The number of carbonyl (C=O) groups excluding carboxylic acids is 1. The van der Waals surface area contributed by atoms with Crippen molar-refractivity contribution in [3.8, 4) is 0 Å². The van der Waals surface area contributed by atoms with E-state index in [4.69, 9.17) is 0 Å². The highest BCUT2D eigenvalue weighted by molar-refractivity contribution is 6.04. The summed E-state index contributed by atoms with van der Waals surface area (Å²) in [5, 5.41) is 2.85. The van der Waals surface area contributed by atoms with Gasteiger partial charge in [-0.25, -0.2) is 0 Å². The van der Waals surface area contributed by atoms with Crippen LogP contribution in [0.25, 0.3) is 0 Å². The van der Waals surface area contributed by atoms with Gasteiger partial charge in [0.05, 0.1) is 17.7 Å². The molecule has 0 unspecified atom stereocenters. The average molecular weight is 400 g/mol. The minimum Gasteiger partial charge on any atom is -0.321 e. The number of para-hydroxylation sites is 1. The molecule has 29 heavy (non-hydrogen) atoms. The molecule has 1 aromatic heterocycles. The monoisotopic (exact) mass is 400 g/mol. The molecule has 4 nitrogen and oxygen atoms in total. The van der Waals surface area contributed by atoms with E-state index < -0.39 is 11.7 Å². The molecule has 0 saturated carbocycles. The van der Waals surface area contributed by atoms with Crippen LogP contribution in [0.2, 0.25) is 0 Å². The van der Waals surface area contributed by atoms with Crippen molar-refractivity contribution in [1.82, 2.24) is 4.57 Å². The third kappa shape index (κ3) is 4.74. The molecule has 1 heterocycles. The maximum Gasteiger partial charge on any atom is 0.416 e. The number of pyridine rings is 1. The van der Waals surface area contributed by atoms with Crippen LogP contribution in [0, 0.1) is 13.8 Å². The Hall–Kier alpha value is -3.35. The van der Waals surface area contributed by atoms with Crippen LogP contribution in [-0.2, 0) is 12.7 Å². The third-order valence-corrected chi connectivity index (χ3v) is 4.60. The number of nitrogens with zero attached hydrogens (tertiary/aromatic N) is 1. The quantitative estimate of drug-likeness (QED) is 0.685. The Kier molecular flexibility index (Phi) is 5.59. The Labute approximate surface area is 165 Å². The zero-order valence-corrected chi connectivity index (χ0v) is 15.9. The number of hydrogen-bond donors (Lipinski definition) is 1. The zero-order chi connectivity index (χ0) is 21.2. The molecule has 150 valence electrons. The molecule has 0 spiro atoms. The van der Waals surface area contributed by atoms with Gasteiger partial charge in [-0.3, -0.25) is 9.59 Å². The highest BCUT2D eigenvalue weighted by Crippen LogP contribution is 2.29. The molecule has 0 radical (unpaired) electrons. The summed E-state index contributed by atoms with van der Waals surface area (Å²) in [7, 11) is 0. The minimum atomic E-state index is -4.42. The van der Waals surface area contributed by atoms with Gasteiger partial charge in [0.2, 0.25) is 0 Å². The highest BCUT2D eigenvalue weighted by atomic mass is 19.4. The molecule has 1 amide bonds. The lowest BCUT2D eigenvalue weighted by Gasteiger charge is -2.13. The normalized spacial score (nSPS) is 11.3. The van der Waals surface area contributed by atoms with Crippen LogP contribution in [0.5, 0.6) is 0 Å². The lowest BCUT2D eigenvalue weighted by molar-refractivity contribution is -0.137. The van der Waals surface area contributed by atoms with Crippen molar-refractivity contribution in [2.45, 2.75) is 26.6 Å². The van der Waals surface area contributed by atoms with E-state index in [2.05, 4.69) is 5.32 Å². The van der Waals surface area contributed by atoms with Gasteiger partial charge in [-0.05, 0) is 48.7 Å². The number of aryl methyl sites for hydroxylation is 2. The van der Waals surface area contributed by atoms with Crippen molar-refractivity contribution in [1.29, 1.82) is 0 Å². The Morgan fingerprint density at radius 2 is 1.59 bits per heavy atom. The van der Waals surface area contributed by atoms with Gasteiger partial charge in [-0.15, -0.1) is 0 Å². The third-order valence-electron chi connectivity index (χ3n) is 4.60. The van der Waals surface area contributed by atoms with E-state index in [1.165, 1.54) is 35.0 Å². The molecule has 3 aromatic rings. The summed E-state index contributed by atoms with van der Waals surface area (Å²) in [5.74, 6) is -0.372. The van der Waals surface area contributed by atoms with E-state index in [9.17, 15) is 22.8 Å². The fraction of sp³-hybridized carbons (Fsp3) is 0.182. The molecule has 0 aliphatic carbocycles. The molecule has 1 N–H and O–H groups in total. The van der Waals surface area contributed by atoms with Crippen LogP contribution in [0.15, 0.2) is 65.6 Å². The molecule has 3 rings (SSSR count). The number of benzene rings is 2. The van der Waals surface area contributed by atoms with Crippen LogP contribution in [0.4, 0.5) is 18.9 Å². The Morgan fingerprint density at radius 3 is 2.17 bits per heavy atom. The van der Waals surface area contributed by atoms with Gasteiger partial charge in [0.25, 0.3) is 11.5 Å². The molecule has 0 fully saturated rings. The predicted octanol–water partition coefficient (Wildman–Crippen LogP) is 4.78. The van der Waals surface area contributed by atoms with Crippen molar-refractivity contribution < 1.29 is 18.0 Å². The van der Waals surface area contributed by atoms with Crippen LogP contribution in [-0.4, -0.2) is 10.5 Å². The summed E-state index contributed by atoms with van der Waals surface area (Å²) in [5.41, 5.74) is 2.22. The molecule has 0 saturated heterocycles. The molecule has 0 aliphatic heterocycles. The number of anilines is 1. The summed E-state index contributed by atoms with van der Waals surface area (Å²) in [6.45, 7) is 3.82. The van der Waals surface area contributed by atoms with Gasteiger partial charge in [0.15, 0.2) is 0 Å². The predicted molar refractivity (Wildman–Crippen MR) is 105 cm³/mol. The first-order valence-corrected chi connectivity index (χ1v) is 8.89. The topological polar surface area (TPSA) is 51.1 Å². The standard InChI is InChI=1S/C22H19F3N2O2/c1-14-4-3-5-15(2)20(14)26-21(29)17-8-11-19(28)27(13-17)12-16-6-9-18(10-7-16)22(23,24)25/h3-11,13H,12H2,1-2H3,(H,26,29). The number of amides is 1. The van der Waals surface area contributed by atoms with Crippen molar-refractivity contribution >= 4 is 11.6 Å². The van der Waals surface area contributed by atoms with Gasteiger partial charge >= 0.3 is 6.18 Å². The molecule has 2 aromatic carbocycles. The molecular formula is C22H19F3N2O2. The van der Waals surface area contributed by atoms with E-state index >= 15 is 0 Å². The first-order chi connectivity index (χ1) is 13.6. The summed E-state index contributed by atoms with van der Waals surface area (Å²) < 4.78 is 39.4. The van der Waals surface area contributed by atoms with E-state index in [0.29, 0.717) is 11.3 Å². The van der Waals surface area contributed by atoms with Gasteiger partial charge in [-0.1, -0.05) is 30.3 Å². The van der Waals surface area contributed by atoms with Crippen molar-refractivity contribution in [3.63, 3.8) is 0 Å². The molecule has 0 aliphatic rings. The first-order valence-electron chi connectivity index (χ1n) is 8.89. The largest absolute Gasteiger partial charge is 0.416 e.